The molecule has 9 heteroatoms. The highest BCUT2D eigenvalue weighted by Gasteiger charge is 2.20. The molecule has 1 aromatic carbocycles. The fourth-order valence-corrected chi connectivity index (χ4v) is 4.02. The lowest BCUT2D eigenvalue weighted by molar-refractivity contribution is -0.118. The van der Waals surface area contributed by atoms with Crippen molar-refractivity contribution in [3.63, 3.8) is 0 Å². The first-order chi connectivity index (χ1) is 16.5. The van der Waals surface area contributed by atoms with E-state index >= 15 is 0 Å². The summed E-state index contributed by atoms with van der Waals surface area (Å²) in [4.78, 5) is 33.5. The van der Waals surface area contributed by atoms with Gasteiger partial charge in [0.15, 0.2) is 11.7 Å². The lowest BCUT2D eigenvalue weighted by Crippen LogP contribution is -2.41. The average molecular weight is 502 g/mol. The molecule has 2 atom stereocenters. The molecule has 35 heavy (non-hydrogen) atoms. The molecule has 188 valence electrons. The van der Waals surface area contributed by atoms with Crippen molar-refractivity contribution >= 4 is 34.9 Å². The van der Waals surface area contributed by atoms with Gasteiger partial charge in [-0.15, -0.1) is 0 Å². The number of hydrogen-bond acceptors (Lipinski definition) is 6. The van der Waals surface area contributed by atoms with Crippen LogP contribution in [0.2, 0.25) is 5.02 Å². The fourth-order valence-electron chi connectivity index (χ4n) is 3.78. The SMILES string of the molecule is CC[C@H](CC(=O)CNC(=O)c1cncc(NC2=NCC(F)CN2)c1)c1cc(Cl)cc(C(C)(C)C)c1. The van der Waals surface area contributed by atoms with E-state index in [0.29, 0.717) is 28.7 Å². The van der Waals surface area contributed by atoms with Crippen LogP contribution < -0.4 is 16.0 Å². The summed E-state index contributed by atoms with van der Waals surface area (Å²) in [5, 5.41) is 9.17. The van der Waals surface area contributed by atoms with Gasteiger partial charge in [-0.05, 0) is 47.1 Å². The van der Waals surface area contributed by atoms with E-state index in [0.717, 1.165) is 17.5 Å². The Balaban J connectivity index is 1.58. The van der Waals surface area contributed by atoms with E-state index in [9.17, 15) is 14.0 Å². The summed E-state index contributed by atoms with van der Waals surface area (Å²) >= 11 is 6.36. The number of Topliss-reactive ketones (excluding diaryl/α,β-unsaturated/α-hetero) is 1. The van der Waals surface area contributed by atoms with Gasteiger partial charge < -0.3 is 16.0 Å². The molecule has 0 saturated carbocycles. The number of nitrogens with zero attached hydrogens (tertiary/aromatic N) is 2. The zero-order chi connectivity index (χ0) is 25.6. The molecule has 0 spiro atoms. The molecule has 3 rings (SSSR count). The molecule has 0 fully saturated rings. The Labute approximate surface area is 211 Å². The van der Waals surface area contributed by atoms with E-state index in [1.807, 2.05) is 19.1 Å². The number of pyridine rings is 1. The smallest absolute Gasteiger partial charge is 0.253 e. The molecule has 7 nitrogen and oxygen atoms in total. The van der Waals surface area contributed by atoms with Gasteiger partial charge in [-0.2, -0.15) is 0 Å². The Hall–Kier alpha value is -3.00. The van der Waals surface area contributed by atoms with Crippen LogP contribution in [0.15, 0.2) is 41.7 Å². The Kier molecular flexibility index (Phi) is 8.83. The summed E-state index contributed by atoms with van der Waals surface area (Å²) in [5.41, 5.74) is 2.95. The average Bonchev–Trinajstić information content (AvgIpc) is 2.81. The first kappa shape index (κ1) is 26.6. The second-order valence-corrected chi connectivity index (χ2v) is 10.2. The van der Waals surface area contributed by atoms with Crippen LogP contribution in [-0.4, -0.2) is 48.4 Å². The van der Waals surface area contributed by atoms with Crippen LogP contribution in [0.25, 0.3) is 0 Å². The van der Waals surface area contributed by atoms with Gasteiger partial charge in [-0.1, -0.05) is 45.4 Å². The summed E-state index contributed by atoms with van der Waals surface area (Å²) in [6, 6.07) is 7.61. The van der Waals surface area contributed by atoms with E-state index in [2.05, 4.69) is 52.8 Å². The van der Waals surface area contributed by atoms with Crippen LogP contribution in [0.1, 0.15) is 67.9 Å². The van der Waals surface area contributed by atoms with Crippen molar-refractivity contribution in [1.29, 1.82) is 0 Å². The minimum Gasteiger partial charge on any atom is -0.353 e. The summed E-state index contributed by atoms with van der Waals surface area (Å²) in [6.07, 6.45) is 3.04. The Bertz CT molecular complexity index is 1100. The van der Waals surface area contributed by atoms with E-state index in [1.54, 1.807) is 6.07 Å². The minimum absolute atomic E-state index is 0.0149. The molecule has 1 aromatic heterocycles. The number of rotatable bonds is 8. The number of halogens is 2. The van der Waals surface area contributed by atoms with E-state index in [1.165, 1.54) is 12.4 Å². The normalized spacial score (nSPS) is 16.6. The van der Waals surface area contributed by atoms with Crippen molar-refractivity contribution in [2.75, 3.05) is 25.0 Å². The Morgan fingerprint density at radius 2 is 2.00 bits per heavy atom. The van der Waals surface area contributed by atoms with Crippen molar-refractivity contribution < 1.29 is 14.0 Å². The third-order valence-corrected chi connectivity index (χ3v) is 6.09. The maximum atomic E-state index is 13.2. The quantitative estimate of drug-likeness (QED) is 0.490. The van der Waals surface area contributed by atoms with Crippen molar-refractivity contribution in [2.24, 2.45) is 4.99 Å². The van der Waals surface area contributed by atoms with Gasteiger partial charge in [-0.3, -0.25) is 14.6 Å². The first-order valence-electron chi connectivity index (χ1n) is 11.8. The molecular formula is C26H33ClFN5O2. The zero-order valence-electron chi connectivity index (χ0n) is 20.6. The number of anilines is 1. The highest BCUT2D eigenvalue weighted by molar-refractivity contribution is 6.30. The summed E-state index contributed by atoms with van der Waals surface area (Å²) in [5.74, 6) is -0.0234. The topological polar surface area (TPSA) is 95.5 Å². The molecular weight excluding hydrogens is 469 g/mol. The van der Waals surface area contributed by atoms with Gasteiger partial charge >= 0.3 is 0 Å². The van der Waals surface area contributed by atoms with Gasteiger partial charge in [0, 0.05) is 17.6 Å². The highest BCUT2D eigenvalue weighted by Crippen LogP contribution is 2.32. The summed E-state index contributed by atoms with van der Waals surface area (Å²) in [6.45, 7) is 8.60. The Morgan fingerprint density at radius 3 is 2.66 bits per heavy atom. The van der Waals surface area contributed by atoms with Crippen LogP contribution in [0, 0.1) is 0 Å². The molecule has 0 aliphatic carbocycles. The van der Waals surface area contributed by atoms with E-state index < -0.39 is 12.1 Å². The van der Waals surface area contributed by atoms with Gasteiger partial charge in [-0.25, -0.2) is 9.38 Å². The third kappa shape index (κ3) is 7.75. The van der Waals surface area contributed by atoms with Crippen LogP contribution >= 0.6 is 11.6 Å². The molecule has 1 unspecified atom stereocenters. The number of benzene rings is 1. The van der Waals surface area contributed by atoms with E-state index in [4.69, 9.17) is 11.6 Å². The summed E-state index contributed by atoms with van der Waals surface area (Å²) < 4.78 is 13.2. The molecule has 1 aliphatic heterocycles. The number of carbonyl (C=O) groups is 2. The first-order valence-corrected chi connectivity index (χ1v) is 12.2. The minimum atomic E-state index is -1.01. The largest absolute Gasteiger partial charge is 0.353 e. The lowest BCUT2D eigenvalue weighted by atomic mass is 9.83. The van der Waals surface area contributed by atoms with E-state index in [-0.39, 0.29) is 36.8 Å². The molecule has 2 aromatic rings. The molecule has 0 radical (unpaired) electrons. The zero-order valence-corrected chi connectivity index (χ0v) is 21.4. The number of hydrogen-bond donors (Lipinski definition) is 3. The second kappa shape index (κ2) is 11.6. The predicted octanol–water partition coefficient (Wildman–Crippen LogP) is 4.62. The molecule has 0 bridgehead atoms. The number of amides is 1. The number of nitrogens with one attached hydrogen (secondary N) is 3. The predicted molar refractivity (Wildman–Crippen MR) is 138 cm³/mol. The number of carbonyl (C=O) groups excluding carboxylic acids is 2. The van der Waals surface area contributed by atoms with Crippen molar-refractivity contribution in [3.05, 3.63) is 58.4 Å². The van der Waals surface area contributed by atoms with Gasteiger partial charge in [0.1, 0.15) is 6.17 Å². The monoisotopic (exact) mass is 501 g/mol. The van der Waals surface area contributed by atoms with Gasteiger partial charge in [0.2, 0.25) is 0 Å². The van der Waals surface area contributed by atoms with Crippen molar-refractivity contribution in [1.82, 2.24) is 15.6 Å². The maximum absolute atomic E-state index is 13.2. The lowest BCUT2D eigenvalue weighted by Gasteiger charge is -2.23. The third-order valence-electron chi connectivity index (χ3n) is 5.87. The van der Waals surface area contributed by atoms with Crippen LogP contribution in [-0.2, 0) is 10.2 Å². The number of aliphatic imine (C=N–C) groups is 1. The van der Waals surface area contributed by atoms with Gasteiger partial charge in [0.25, 0.3) is 5.91 Å². The molecule has 1 amide bonds. The number of guanidine groups is 1. The standard InChI is InChI=1S/C26H33ClFN5O2/c1-5-16(17-6-19(26(2,3)4)10-20(27)7-17)9-23(34)15-30-24(35)18-8-22(14-29-11-18)33-25-31-12-21(28)13-32-25/h6-8,10-11,14,16,21H,5,9,12-13,15H2,1-4H3,(H,30,35)(H2,31,32,33)/t16-/m1/s1. The maximum Gasteiger partial charge on any atom is 0.253 e. The second-order valence-electron chi connectivity index (χ2n) is 9.81. The molecule has 2 heterocycles. The fraction of sp³-hybridized carbons (Fsp3) is 0.462. The Morgan fingerprint density at radius 1 is 1.23 bits per heavy atom. The molecule has 1 aliphatic rings. The molecule has 0 saturated heterocycles. The summed E-state index contributed by atoms with van der Waals surface area (Å²) in [7, 11) is 0. The van der Waals surface area contributed by atoms with Crippen LogP contribution in [0.3, 0.4) is 0 Å². The number of alkyl halides is 1. The van der Waals surface area contributed by atoms with Crippen LogP contribution in [0.4, 0.5) is 10.1 Å². The highest BCUT2D eigenvalue weighted by atomic mass is 35.5. The number of ketones is 1. The van der Waals surface area contributed by atoms with Crippen LogP contribution in [0.5, 0.6) is 0 Å². The van der Waals surface area contributed by atoms with Gasteiger partial charge in [0.05, 0.1) is 37.1 Å². The number of aromatic nitrogens is 1. The van der Waals surface area contributed by atoms with Crippen molar-refractivity contribution in [3.8, 4) is 0 Å². The van der Waals surface area contributed by atoms with Crippen molar-refractivity contribution in [2.45, 2.75) is 58.0 Å². The molecule has 3 N–H and O–H groups in total.